The summed E-state index contributed by atoms with van der Waals surface area (Å²) in [5.41, 5.74) is 4.82. The molecule has 0 aliphatic rings. The highest BCUT2D eigenvalue weighted by Gasteiger charge is 2.24. The van der Waals surface area contributed by atoms with Crippen molar-refractivity contribution in [1.82, 2.24) is 18.7 Å². The molecule has 2 heterocycles. The Morgan fingerprint density at radius 2 is 1.82 bits per heavy atom. The number of anilines is 1. The number of hydrogen-bond donors (Lipinski definition) is 1. The summed E-state index contributed by atoms with van der Waals surface area (Å²) in [6.07, 6.45) is 0. The van der Waals surface area contributed by atoms with Crippen LogP contribution in [0, 0.1) is 5.92 Å². The van der Waals surface area contributed by atoms with Crippen molar-refractivity contribution in [3.63, 3.8) is 0 Å². The van der Waals surface area contributed by atoms with Gasteiger partial charge in [0.15, 0.2) is 10.9 Å². The van der Waals surface area contributed by atoms with Gasteiger partial charge >= 0.3 is 5.69 Å². The largest absolute Gasteiger partial charge is 0.384 e. The SMILES string of the molecule is COC[C@@H](C)n1c(SCC(=O)c2c(N)n(CC(C)C)c(=O)n(C)c2=O)nc2ccccc2c1=O. The summed E-state index contributed by atoms with van der Waals surface area (Å²) < 4.78 is 8.85. The van der Waals surface area contributed by atoms with E-state index in [1.807, 2.05) is 20.8 Å². The number of rotatable bonds is 9. The Hall–Kier alpha value is -3.18. The van der Waals surface area contributed by atoms with Gasteiger partial charge < -0.3 is 10.5 Å². The van der Waals surface area contributed by atoms with E-state index in [0.717, 1.165) is 16.3 Å². The highest BCUT2D eigenvalue weighted by Crippen LogP contribution is 2.22. The second-order valence-corrected chi connectivity index (χ2v) is 9.46. The first kappa shape index (κ1) is 25.4. The number of carbonyl (C=O) groups excluding carboxylic acids is 1. The third-order valence-corrected chi connectivity index (χ3v) is 6.32. The molecule has 182 valence electrons. The van der Waals surface area contributed by atoms with Crippen LogP contribution in [0.25, 0.3) is 10.9 Å². The van der Waals surface area contributed by atoms with E-state index >= 15 is 0 Å². The van der Waals surface area contributed by atoms with Crippen LogP contribution in [0.15, 0.2) is 43.8 Å². The van der Waals surface area contributed by atoms with Gasteiger partial charge in [-0.25, -0.2) is 9.78 Å². The van der Waals surface area contributed by atoms with Gasteiger partial charge in [0.2, 0.25) is 0 Å². The molecular formula is C23H29N5O5S. The number of benzene rings is 1. The lowest BCUT2D eigenvalue weighted by atomic mass is 10.2. The Labute approximate surface area is 200 Å². The van der Waals surface area contributed by atoms with Gasteiger partial charge in [0.25, 0.3) is 11.1 Å². The Kier molecular flexibility index (Phi) is 7.78. The molecule has 0 aliphatic heterocycles. The first-order chi connectivity index (χ1) is 16.1. The van der Waals surface area contributed by atoms with Crippen molar-refractivity contribution < 1.29 is 9.53 Å². The number of ketones is 1. The minimum atomic E-state index is -0.746. The third-order valence-electron chi connectivity index (χ3n) is 5.37. The molecule has 3 aromatic rings. The average Bonchev–Trinajstić information content (AvgIpc) is 2.79. The molecule has 0 radical (unpaired) electrons. The van der Waals surface area contributed by atoms with E-state index in [4.69, 9.17) is 10.5 Å². The van der Waals surface area contributed by atoms with E-state index in [2.05, 4.69) is 4.98 Å². The predicted octanol–water partition coefficient (Wildman–Crippen LogP) is 1.68. The van der Waals surface area contributed by atoms with Gasteiger partial charge in [0.05, 0.1) is 29.3 Å². The first-order valence-corrected chi connectivity index (χ1v) is 11.8. The van der Waals surface area contributed by atoms with Crippen LogP contribution in [0.1, 0.15) is 37.2 Å². The number of thioether (sulfide) groups is 1. The number of nitrogens with zero attached hydrogens (tertiary/aromatic N) is 4. The van der Waals surface area contributed by atoms with Gasteiger partial charge in [0, 0.05) is 20.7 Å². The number of nitrogens with two attached hydrogens (primary N) is 1. The van der Waals surface area contributed by atoms with Crippen molar-refractivity contribution >= 4 is 34.3 Å². The van der Waals surface area contributed by atoms with Crippen LogP contribution in [0.4, 0.5) is 5.82 Å². The molecule has 0 aliphatic carbocycles. The van der Waals surface area contributed by atoms with Crippen LogP contribution < -0.4 is 22.5 Å². The molecule has 0 unspecified atom stereocenters. The number of ether oxygens (including phenoxy) is 1. The maximum atomic E-state index is 13.2. The Morgan fingerprint density at radius 3 is 2.47 bits per heavy atom. The number of hydrogen-bond acceptors (Lipinski definition) is 8. The summed E-state index contributed by atoms with van der Waals surface area (Å²) in [6, 6.07) is 6.63. The fourth-order valence-corrected chi connectivity index (χ4v) is 4.69. The lowest BCUT2D eigenvalue weighted by Gasteiger charge is -2.19. The van der Waals surface area contributed by atoms with Gasteiger partial charge in [-0.2, -0.15) is 0 Å². The highest BCUT2D eigenvalue weighted by atomic mass is 32.2. The van der Waals surface area contributed by atoms with Crippen molar-refractivity contribution in [2.45, 2.75) is 38.5 Å². The second-order valence-electron chi connectivity index (χ2n) is 8.51. The van der Waals surface area contributed by atoms with Crippen LogP contribution >= 0.6 is 11.8 Å². The Morgan fingerprint density at radius 1 is 1.15 bits per heavy atom. The van der Waals surface area contributed by atoms with E-state index in [9.17, 15) is 19.2 Å². The van der Waals surface area contributed by atoms with Crippen LogP contribution in [0.5, 0.6) is 0 Å². The second kappa shape index (κ2) is 10.4. The minimum Gasteiger partial charge on any atom is -0.384 e. The van der Waals surface area contributed by atoms with E-state index in [-0.39, 0.29) is 47.8 Å². The maximum Gasteiger partial charge on any atom is 0.332 e. The number of carbonyl (C=O) groups is 1. The molecule has 0 spiro atoms. The zero-order valence-corrected chi connectivity index (χ0v) is 20.7. The van der Waals surface area contributed by atoms with Gasteiger partial charge in [-0.3, -0.25) is 28.1 Å². The van der Waals surface area contributed by atoms with Crippen LogP contribution in [0.3, 0.4) is 0 Å². The molecule has 34 heavy (non-hydrogen) atoms. The lowest BCUT2D eigenvalue weighted by molar-refractivity contribution is 0.102. The zero-order valence-electron chi connectivity index (χ0n) is 19.9. The molecule has 0 amide bonds. The number of nitrogen functional groups attached to an aromatic ring is 1. The zero-order chi connectivity index (χ0) is 25.2. The number of aromatic nitrogens is 4. The molecule has 0 bridgehead atoms. The summed E-state index contributed by atoms with van der Waals surface area (Å²) in [6.45, 7) is 6.17. The average molecular weight is 488 g/mol. The van der Waals surface area contributed by atoms with Crippen LogP contribution in [-0.2, 0) is 18.3 Å². The molecule has 0 fully saturated rings. The smallest absolute Gasteiger partial charge is 0.332 e. The van der Waals surface area contributed by atoms with E-state index in [1.165, 1.54) is 23.3 Å². The summed E-state index contributed by atoms with van der Waals surface area (Å²) in [5, 5.41) is 0.785. The van der Waals surface area contributed by atoms with Crippen LogP contribution in [-0.4, -0.2) is 43.9 Å². The van der Waals surface area contributed by atoms with Crippen molar-refractivity contribution in [2.24, 2.45) is 13.0 Å². The van der Waals surface area contributed by atoms with E-state index in [0.29, 0.717) is 16.1 Å². The molecule has 2 aromatic heterocycles. The van der Waals surface area contributed by atoms with Gasteiger partial charge in [-0.05, 0) is 25.0 Å². The standard InChI is InChI=1S/C23H29N5O5S/c1-13(2)10-27-19(24)18(21(31)26(4)23(27)32)17(29)12-34-22-25-16-9-7-6-8-15(16)20(30)28(22)14(3)11-33-5/h6-9,13-14H,10-12,24H2,1-5H3/t14-/m1/s1. The van der Waals surface area contributed by atoms with Crippen molar-refractivity contribution in [3.8, 4) is 0 Å². The lowest BCUT2D eigenvalue weighted by Crippen LogP contribution is -2.43. The minimum absolute atomic E-state index is 0.0772. The van der Waals surface area contributed by atoms with Gasteiger partial charge in [-0.1, -0.05) is 37.7 Å². The number of fused-ring (bicyclic) bond motifs is 1. The van der Waals surface area contributed by atoms with Crippen molar-refractivity contribution in [3.05, 3.63) is 61.0 Å². The molecule has 1 atom stereocenters. The third kappa shape index (κ3) is 4.85. The monoisotopic (exact) mass is 487 g/mol. The maximum absolute atomic E-state index is 13.2. The molecule has 0 saturated heterocycles. The summed E-state index contributed by atoms with van der Waals surface area (Å²) in [7, 11) is 2.86. The summed E-state index contributed by atoms with van der Waals surface area (Å²) >= 11 is 1.04. The molecule has 10 nitrogen and oxygen atoms in total. The quantitative estimate of drug-likeness (QED) is 0.274. The topological polar surface area (TPSA) is 131 Å². The molecule has 11 heteroatoms. The molecule has 1 aromatic carbocycles. The molecule has 0 saturated carbocycles. The number of para-hydroxylation sites is 1. The predicted molar refractivity (Wildman–Crippen MR) is 133 cm³/mol. The van der Waals surface area contributed by atoms with Crippen LogP contribution in [0.2, 0.25) is 0 Å². The molecule has 2 N–H and O–H groups in total. The van der Waals surface area contributed by atoms with Gasteiger partial charge in [-0.15, -0.1) is 0 Å². The first-order valence-electron chi connectivity index (χ1n) is 10.8. The van der Waals surface area contributed by atoms with Crippen molar-refractivity contribution in [1.29, 1.82) is 0 Å². The van der Waals surface area contributed by atoms with E-state index in [1.54, 1.807) is 24.3 Å². The summed E-state index contributed by atoms with van der Waals surface area (Å²) in [4.78, 5) is 56.2. The Bertz CT molecular complexity index is 1410. The Balaban J connectivity index is 2.04. The fraction of sp³-hybridized carbons (Fsp3) is 0.435. The number of Topliss-reactive ketones (excluding diaryl/α,β-unsaturated/α-hetero) is 1. The van der Waals surface area contributed by atoms with Gasteiger partial charge in [0.1, 0.15) is 11.4 Å². The molecule has 3 rings (SSSR count). The normalized spacial score (nSPS) is 12.4. The van der Waals surface area contributed by atoms with E-state index < -0.39 is 17.0 Å². The molecular weight excluding hydrogens is 458 g/mol. The van der Waals surface area contributed by atoms with Crippen molar-refractivity contribution in [2.75, 3.05) is 25.2 Å². The number of methoxy groups -OCH3 is 1. The highest BCUT2D eigenvalue weighted by molar-refractivity contribution is 7.99. The summed E-state index contributed by atoms with van der Waals surface area (Å²) in [5.74, 6) is -0.810. The fourth-order valence-electron chi connectivity index (χ4n) is 3.72.